The van der Waals surface area contributed by atoms with E-state index in [1.165, 1.54) is 18.3 Å². The Kier molecular flexibility index (Phi) is 5.26. The average Bonchev–Trinajstić information content (AvgIpc) is 3.06. The first-order valence-electron chi connectivity index (χ1n) is 7.52. The Bertz CT molecular complexity index is 887. The Hall–Kier alpha value is -2.92. The van der Waals surface area contributed by atoms with Gasteiger partial charge in [-0.2, -0.15) is 5.10 Å². The first-order chi connectivity index (χ1) is 12.1. The largest absolute Gasteiger partial charge is 0.455 e. The molecule has 0 unspecified atom stereocenters. The maximum atomic E-state index is 12.8. The third-order valence-corrected chi connectivity index (χ3v) is 3.67. The highest BCUT2D eigenvalue weighted by Gasteiger charge is 2.04. The van der Waals surface area contributed by atoms with Gasteiger partial charge in [0.25, 0.3) is 0 Å². The molecular weight excluding hydrogens is 343 g/mol. The molecule has 0 aliphatic carbocycles. The van der Waals surface area contributed by atoms with Crippen molar-refractivity contribution >= 4 is 23.7 Å². The quantitative estimate of drug-likeness (QED) is 0.543. The minimum atomic E-state index is -0.337. The van der Waals surface area contributed by atoms with Crippen molar-refractivity contribution in [3.05, 3.63) is 82.8 Å². The van der Waals surface area contributed by atoms with Gasteiger partial charge in [-0.05, 0) is 54.1 Å². The second-order valence-electron chi connectivity index (χ2n) is 5.31. The minimum absolute atomic E-state index is 0.117. The van der Waals surface area contributed by atoms with Crippen LogP contribution in [0.3, 0.4) is 0 Å². The smallest absolute Gasteiger partial charge is 0.244 e. The average molecular weight is 357 g/mol. The predicted molar refractivity (Wildman–Crippen MR) is 95.0 cm³/mol. The molecule has 4 nitrogen and oxygen atoms in total. The number of benzene rings is 2. The van der Waals surface area contributed by atoms with Crippen molar-refractivity contribution in [1.29, 1.82) is 0 Å². The van der Waals surface area contributed by atoms with Gasteiger partial charge in [0.15, 0.2) is 0 Å². The molecule has 1 heterocycles. The number of carbonyl (C=O) groups excluding carboxylic acids is 1. The summed E-state index contributed by atoms with van der Waals surface area (Å²) in [4.78, 5) is 11.8. The number of rotatable bonds is 5. The van der Waals surface area contributed by atoms with Gasteiger partial charge < -0.3 is 4.42 Å². The summed E-state index contributed by atoms with van der Waals surface area (Å²) in [6.07, 6.45) is 1.54. The normalized spacial score (nSPS) is 11.0. The second-order valence-corrected chi connectivity index (χ2v) is 5.74. The Morgan fingerprint density at radius 2 is 1.80 bits per heavy atom. The fourth-order valence-corrected chi connectivity index (χ4v) is 2.31. The molecule has 3 aromatic rings. The van der Waals surface area contributed by atoms with E-state index in [-0.39, 0.29) is 18.1 Å². The van der Waals surface area contributed by atoms with E-state index < -0.39 is 0 Å². The van der Waals surface area contributed by atoms with Crippen LogP contribution < -0.4 is 5.43 Å². The van der Waals surface area contributed by atoms with E-state index in [9.17, 15) is 9.18 Å². The molecule has 25 heavy (non-hydrogen) atoms. The molecule has 126 valence electrons. The lowest BCUT2D eigenvalue weighted by atomic mass is 10.1. The van der Waals surface area contributed by atoms with Crippen LogP contribution in [0.5, 0.6) is 0 Å². The molecule has 0 saturated heterocycles. The maximum absolute atomic E-state index is 12.8. The minimum Gasteiger partial charge on any atom is -0.455 e. The number of halogens is 2. The van der Waals surface area contributed by atoms with Gasteiger partial charge in [-0.1, -0.05) is 23.7 Å². The Balaban J connectivity index is 1.56. The fraction of sp³-hybridized carbons (Fsp3) is 0.0526. The number of amides is 1. The predicted octanol–water partition coefficient (Wildman–Crippen LogP) is 4.43. The molecule has 1 N–H and O–H groups in total. The van der Waals surface area contributed by atoms with Crippen molar-refractivity contribution in [2.24, 2.45) is 5.10 Å². The summed E-state index contributed by atoms with van der Waals surface area (Å²) in [5.74, 6) is 0.548. The topological polar surface area (TPSA) is 54.6 Å². The zero-order valence-electron chi connectivity index (χ0n) is 13.1. The first-order valence-corrected chi connectivity index (χ1v) is 7.90. The fourth-order valence-electron chi connectivity index (χ4n) is 2.19. The summed E-state index contributed by atoms with van der Waals surface area (Å²) in [6.45, 7) is 0. The van der Waals surface area contributed by atoms with Gasteiger partial charge in [0.05, 0.1) is 12.6 Å². The van der Waals surface area contributed by atoms with Gasteiger partial charge in [-0.3, -0.25) is 4.79 Å². The van der Waals surface area contributed by atoms with Crippen LogP contribution in [0.4, 0.5) is 4.39 Å². The molecule has 0 bridgehead atoms. The van der Waals surface area contributed by atoms with Gasteiger partial charge in [-0.15, -0.1) is 0 Å². The van der Waals surface area contributed by atoms with Gasteiger partial charge in [0.2, 0.25) is 5.91 Å². The third-order valence-electron chi connectivity index (χ3n) is 3.41. The molecule has 0 radical (unpaired) electrons. The number of furan rings is 1. The summed E-state index contributed by atoms with van der Waals surface area (Å²) in [7, 11) is 0. The van der Waals surface area contributed by atoms with Crippen LogP contribution in [0.25, 0.3) is 11.3 Å². The number of carbonyl (C=O) groups is 1. The maximum Gasteiger partial charge on any atom is 0.244 e. The van der Waals surface area contributed by atoms with Crippen LogP contribution in [0.1, 0.15) is 11.3 Å². The van der Waals surface area contributed by atoms with Crippen LogP contribution in [-0.2, 0) is 11.2 Å². The molecule has 1 amide bonds. The first kappa shape index (κ1) is 16.9. The number of nitrogens with zero attached hydrogens (tertiary/aromatic N) is 1. The number of hydrogen-bond donors (Lipinski definition) is 1. The molecule has 0 aliphatic rings. The molecular formula is C19H14ClFN2O2. The standard InChI is InChI=1S/C19H14ClFN2O2/c20-15-5-3-14(4-6-15)18-10-9-17(25-18)12-22-23-19(24)11-13-1-7-16(21)8-2-13/h1-10,12H,11H2,(H,23,24). The van der Waals surface area contributed by atoms with Crippen LogP contribution in [0.15, 0.2) is 70.2 Å². The lowest BCUT2D eigenvalue weighted by Gasteiger charge is -2.00. The molecule has 0 saturated carbocycles. The Labute approximate surface area is 148 Å². The molecule has 2 aromatic carbocycles. The zero-order valence-corrected chi connectivity index (χ0v) is 13.8. The Morgan fingerprint density at radius 1 is 1.08 bits per heavy atom. The van der Waals surface area contributed by atoms with E-state index in [1.54, 1.807) is 30.3 Å². The van der Waals surface area contributed by atoms with Crippen molar-refractivity contribution in [2.45, 2.75) is 6.42 Å². The molecule has 0 atom stereocenters. The van der Waals surface area contributed by atoms with Gasteiger partial charge in [-0.25, -0.2) is 9.82 Å². The number of nitrogens with one attached hydrogen (secondary N) is 1. The lowest BCUT2D eigenvalue weighted by Crippen LogP contribution is -2.19. The second kappa shape index (κ2) is 7.77. The van der Waals surface area contributed by atoms with Gasteiger partial charge in [0.1, 0.15) is 17.3 Å². The molecule has 3 rings (SSSR count). The van der Waals surface area contributed by atoms with Crippen molar-refractivity contribution < 1.29 is 13.6 Å². The van der Waals surface area contributed by atoms with Crippen LogP contribution in [-0.4, -0.2) is 12.1 Å². The highest BCUT2D eigenvalue weighted by molar-refractivity contribution is 6.30. The molecule has 6 heteroatoms. The summed E-state index contributed by atoms with van der Waals surface area (Å²) < 4.78 is 18.5. The van der Waals surface area contributed by atoms with Crippen molar-refractivity contribution in [3.8, 4) is 11.3 Å². The van der Waals surface area contributed by atoms with E-state index in [1.807, 2.05) is 18.2 Å². The van der Waals surface area contributed by atoms with E-state index >= 15 is 0 Å². The van der Waals surface area contributed by atoms with E-state index in [0.29, 0.717) is 22.1 Å². The zero-order chi connectivity index (χ0) is 17.6. The lowest BCUT2D eigenvalue weighted by molar-refractivity contribution is -0.120. The van der Waals surface area contributed by atoms with Crippen molar-refractivity contribution in [3.63, 3.8) is 0 Å². The van der Waals surface area contributed by atoms with Crippen molar-refractivity contribution in [1.82, 2.24) is 5.43 Å². The molecule has 0 fully saturated rings. The monoisotopic (exact) mass is 356 g/mol. The Morgan fingerprint density at radius 3 is 2.52 bits per heavy atom. The number of hydrazone groups is 1. The summed E-state index contributed by atoms with van der Waals surface area (Å²) in [5.41, 5.74) is 4.01. The highest BCUT2D eigenvalue weighted by atomic mass is 35.5. The van der Waals surface area contributed by atoms with Gasteiger partial charge in [0, 0.05) is 10.6 Å². The van der Waals surface area contributed by atoms with E-state index in [2.05, 4.69) is 10.5 Å². The highest BCUT2D eigenvalue weighted by Crippen LogP contribution is 2.23. The van der Waals surface area contributed by atoms with Crippen LogP contribution in [0, 0.1) is 5.82 Å². The molecule has 1 aromatic heterocycles. The van der Waals surface area contributed by atoms with Crippen LogP contribution in [0.2, 0.25) is 5.02 Å². The summed E-state index contributed by atoms with van der Waals surface area (Å²) in [6, 6.07) is 16.6. The van der Waals surface area contributed by atoms with Crippen molar-refractivity contribution in [2.75, 3.05) is 0 Å². The van der Waals surface area contributed by atoms with E-state index in [0.717, 1.165) is 5.56 Å². The molecule has 0 aliphatic heterocycles. The summed E-state index contributed by atoms with van der Waals surface area (Å²) in [5, 5.41) is 4.52. The number of hydrogen-bond acceptors (Lipinski definition) is 3. The summed E-state index contributed by atoms with van der Waals surface area (Å²) >= 11 is 5.86. The SMILES string of the molecule is O=C(Cc1ccc(F)cc1)NN=Cc1ccc(-c2ccc(Cl)cc2)o1. The third kappa shape index (κ3) is 4.78. The van der Waals surface area contributed by atoms with E-state index in [4.69, 9.17) is 16.0 Å². The van der Waals surface area contributed by atoms with Crippen LogP contribution >= 0.6 is 11.6 Å². The van der Waals surface area contributed by atoms with Gasteiger partial charge >= 0.3 is 0 Å². The molecule has 0 spiro atoms.